The van der Waals surface area contributed by atoms with Crippen LogP contribution in [0.3, 0.4) is 0 Å². The average Bonchev–Trinajstić information content (AvgIpc) is 2.41. The molecule has 0 saturated carbocycles. The second-order valence-corrected chi connectivity index (χ2v) is 5.53. The Morgan fingerprint density at radius 2 is 1.89 bits per heavy atom. The van der Waals surface area contributed by atoms with Gasteiger partial charge in [-0.15, -0.1) is 0 Å². The number of anilines is 1. The zero-order valence-corrected chi connectivity index (χ0v) is 12.8. The number of rotatable bonds is 4. The zero-order chi connectivity index (χ0) is 13.8. The molecule has 2 rings (SSSR count). The minimum Gasteiger partial charge on any atom is -0.355 e. The standard InChI is InChI=1S/C15H18BrN3/c1-11-7-8-18-15(14(11)9-17)19(2)10-12-3-5-13(16)6-4-12/h3-8H,9-10,17H2,1-2H3. The molecule has 0 radical (unpaired) electrons. The molecule has 0 bridgehead atoms. The minimum absolute atomic E-state index is 0.514. The van der Waals surface area contributed by atoms with Gasteiger partial charge in [0.1, 0.15) is 5.82 Å². The molecule has 0 saturated heterocycles. The Labute approximate surface area is 122 Å². The van der Waals surface area contributed by atoms with E-state index in [0.717, 1.165) is 22.4 Å². The summed E-state index contributed by atoms with van der Waals surface area (Å²) in [5.41, 5.74) is 9.38. The number of aryl methyl sites for hydroxylation is 1. The molecule has 1 aromatic heterocycles. The first kappa shape index (κ1) is 14.0. The van der Waals surface area contributed by atoms with E-state index in [-0.39, 0.29) is 0 Å². The van der Waals surface area contributed by atoms with E-state index in [0.29, 0.717) is 6.54 Å². The van der Waals surface area contributed by atoms with Gasteiger partial charge in [-0.2, -0.15) is 0 Å². The molecular weight excluding hydrogens is 302 g/mol. The van der Waals surface area contributed by atoms with E-state index in [4.69, 9.17) is 5.73 Å². The first-order valence-electron chi connectivity index (χ1n) is 6.22. The highest BCUT2D eigenvalue weighted by Crippen LogP contribution is 2.21. The van der Waals surface area contributed by atoms with Crippen LogP contribution in [0, 0.1) is 6.92 Å². The molecule has 1 heterocycles. The van der Waals surface area contributed by atoms with E-state index in [1.165, 1.54) is 11.1 Å². The summed E-state index contributed by atoms with van der Waals surface area (Å²) >= 11 is 3.45. The van der Waals surface area contributed by atoms with E-state index in [2.05, 4.69) is 57.0 Å². The topological polar surface area (TPSA) is 42.2 Å². The van der Waals surface area contributed by atoms with Crippen molar-refractivity contribution in [3.8, 4) is 0 Å². The maximum atomic E-state index is 5.83. The maximum Gasteiger partial charge on any atom is 0.133 e. The van der Waals surface area contributed by atoms with Crippen LogP contribution >= 0.6 is 15.9 Å². The molecular formula is C15H18BrN3. The van der Waals surface area contributed by atoms with Gasteiger partial charge in [0.25, 0.3) is 0 Å². The summed E-state index contributed by atoms with van der Waals surface area (Å²) in [6.07, 6.45) is 1.84. The van der Waals surface area contributed by atoms with Crippen LogP contribution in [0.15, 0.2) is 41.0 Å². The van der Waals surface area contributed by atoms with Crippen LogP contribution in [0.4, 0.5) is 5.82 Å². The molecule has 0 amide bonds. The number of hydrogen-bond donors (Lipinski definition) is 1. The molecule has 1 aromatic carbocycles. The number of nitrogens with zero attached hydrogens (tertiary/aromatic N) is 2. The van der Waals surface area contributed by atoms with Gasteiger partial charge in [0, 0.05) is 36.4 Å². The fourth-order valence-electron chi connectivity index (χ4n) is 2.09. The number of pyridine rings is 1. The van der Waals surface area contributed by atoms with Gasteiger partial charge in [-0.3, -0.25) is 0 Å². The number of halogens is 1. The van der Waals surface area contributed by atoms with Crippen LogP contribution in [0.25, 0.3) is 0 Å². The Hall–Kier alpha value is -1.39. The van der Waals surface area contributed by atoms with E-state index < -0.39 is 0 Å². The Balaban J connectivity index is 2.22. The highest BCUT2D eigenvalue weighted by atomic mass is 79.9. The molecule has 0 aliphatic rings. The molecule has 3 nitrogen and oxygen atoms in total. The van der Waals surface area contributed by atoms with Crippen molar-refractivity contribution in [2.45, 2.75) is 20.0 Å². The third kappa shape index (κ3) is 3.33. The number of benzene rings is 1. The summed E-state index contributed by atoms with van der Waals surface area (Å²) in [6.45, 7) is 3.40. The summed E-state index contributed by atoms with van der Waals surface area (Å²) in [7, 11) is 2.04. The van der Waals surface area contributed by atoms with Gasteiger partial charge < -0.3 is 10.6 Å². The molecule has 0 aliphatic carbocycles. The zero-order valence-electron chi connectivity index (χ0n) is 11.2. The number of aromatic nitrogens is 1. The molecule has 0 fully saturated rings. The largest absolute Gasteiger partial charge is 0.355 e. The first-order chi connectivity index (χ1) is 9.11. The van der Waals surface area contributed by atoms with Crippen LogP contribution < -0.4 is 10.6 Å². The predicted molar refractivity (Wildman–Crippen MR) is 83.1 cm³/mol. The van der Waals surface area contributed by atoms with Gasteiger partial charge in [0.15, 0.2) is 0 Å². The normalized spacial score (nSPS) is 10.5. The molecule has 4 heteroatoms. The third-order valence-corrected chi connectivity index (χ3v) is 3.69. The molecule has 100 valence electrons. The van der Waals surface area contributed by atoms with Crippen LogP contribution in [-0.4, -0.2) is 12.0 Å². The lowest BCUT2D eigenvalue weighted by atomic mass is 10.1. The monoisotopic (exact) mass is 319 g/mol. The van der Waals surface area contributed by atoms with Crippen molar-refractivity contribution >= 4 is 21.7 Å². The van der Waals surface area contributed by atoms with Gasteiger partial charge in [0.2, 0.25) is 0 Å². The molecule has 0 unspecified atom stereocenters. The van der Waals surface area contributed by atoms with Gasteiger partial charge in [-0.05, 0) is 36.2 Å². The number of hydrogen-bond acceptors (Lipinski definition) is 3. The molecule has 2 N–H and O–H groups in total. The van der Waals surface area contributed by atoms with Crippen molar-refractivity contribution in [2.75, 3.05) is 11.9 Å². The molecule has 2 aromatic rings. The predicted octanol–water partition coefficient (Wildman–Crippen LogP) is 3.25. The van der Waals surface area contributed by atoms with Gasteiger partial charge >= 0.3 is 0 Å². The van der Waals surface area contributed by atoms with Crippen molar-refractivity contribution in [3.63, 3.8) is 0 Å². The summed E-state index contributed by atoms with van der Waals surface area (Å²) in [6, 6.07) is 10.3. The lowest BCUT2D eigenvalue weighted by Crippen LogP contribution is -2.20. The molecule has 0 atom stereocenters. The Morgan fingerprint density at radius 1 is 1.21 bits per heavy atom. The van der Waals surface area contributed by atoms with E-state index in [9.17, 15) is 0 Å². The Kier molecular flexibility index (Phi) is 4.56. The highest BCUT2D eigenvalue weighted by Gasteiger charge is 2.10. The van der Waals surface area contributed by atoms with Crippen LogP contribution in [0.2, 0.25) is 0 Å². The lowest BCUT2D eigenvalue weighted by Gasteiger charge is -2.22. The Morgan fingerprint density at radius 3 is 2.53 bits per heavy atom. The third-order valence-electron chi connectivity index (χ3n) is 3.17. The van der Waals surface area contributed by atoms with E-state index >= 15 is 0 Å². The van der Waals surface area contributed by atoms with Crippen LogP contribution in [-0.2, 0) is 13.1 Å². The molecule has 0 aliphatic heterocycles. The Bertz CT molecular complexity index is 552. The first-order valence-corrected chi connectivity index (χ1v) is 7.01. The van der Waals surface area contributed by atoms with E-state index in [1.807, 2.05) is 19.3 Å². The second-order valence-electron chi connectivity index (χ2n) is 4.62. The SMILES string of the molecule is Cc1ccnc(N(C)Cc2ccc(Br)cc2)c1CN. The number of nitrogens with two attached hydrogens (primary N) is 1. The van der Waals surface area contributed by atoms with Crippen LogP contribution in [0.5, 0.6) is 0 Å². The summed E-state index contributed by atoms with van der Waals surface area (Å²) in [5, 5.41) is 0. The average molecular weight is 320 g/mol. The minimum atomic E-state index is 0.514. The quantitative estimate of drug-likeness (QED) is 0.940. The molecule has 0 spiro atoms. The lowest BCUT2D eigenvalue weighted by molar-refractivity contribution is 0.871. The fourth-order valence-corrected chi connectivity index (χ4v) is 2.36. The summed E-state index contributed by atoms with van der Waals surface area (Å²) in [4.78, 5) is 6.60. The van der Waals surface area contributed by atoms with Gasteiger partial charge in [-0.1, -0.05) is 28.1 Å². The van der Waals surface area contributed by atoms with Crippen molar-refractivity contribution in [1.82, 2.24) is 4.98 Å². The van der Waals surface area contributed by atoms with Crippen molar-refractivity contribution in [2.24, 2.45) is 5.73 Å². The second kappa shape index (κ2) is 6.17. The van der Waals surface area contributed by atoms with Gasteiger partial charge in [0.05, 0.1) is 0 Å². The van der Waals surface area contributed by atoms with E-state index in [1.54, 1.807) is 0 Å². The van der Waals surface area contributed by atoms with Crippen molar-refractivity contribution < 1.29 is 0 Å². The maximum absolute atomic E-state index is 5.83. The fraction of sp³-hybridized carbons (Fsp3) is 0.267. The van der Waals surface area contributed by atoms with Crippen molar-refractivity contribution in [1.29, 1.82) is 0 Å². The van der Waals surface area contributed by atoms with Crippen molar-refractivity contribution in [3.05, 3.63) is 57.7 Å². The summed E-state index contributed by atoms with van der Waals surface area (Å²) in [5.74, 6) is 0.963. The molecule has 19 heavy (non-hydrogen) atoms. The van der Waals surface area contributed by atoms with Crippen LogP contribution in [0.1, 0.15) is 16.7 Å². The van der Waals surface area contributed by atoms with Gasteiger partial charge in [-0.25, -0.2) is 4.98 Å². The summed E-state index contributed by atoms with van der Waals surface area (Å²) < 4.78 is 1.09. The highest BCUT2D eigenvalue weighted by molar-refractivity contribution is 9.10. The smallest absolute Gasteiger partial charge is 0.133 e.